The van der Waals surface area contributed by atoms with Crippen LogP contribution in [0.2, 0.25) is 5.02 Å². The van der Waals surface area contributed by atoms with Crippen LogP contribution in [-0.2, 0) is 31.1 Å². The van der Waals surface area contributed by atoms with Crippen molar-refractivity contribution in [3.8, 4) is 0 Å². The molecular weight excluding hydrogens is 428 g/mol. The number of carbonyl (C=O) groups excluding carboxylic acids is 3. The summed E-state index contributed by atoms with van der Waals surface area (Å²) < 4.78 is 15.4. The minimum atomic E-state index is -1.46. The predicted molar refractivity (Wildman–Crippen MR) is 117 cm³/mol. The van der Waals surface area contributed by atoms with Crippen LogP contribution < -0.4 is 15.8 Å². The fourth-order valence-electron chi connectivity index (χ4n) is 3.29. The van der Waals surface area contributed by atoms with Crippen molar-refractivity contribution in [2.75, 3.05) is 19.6 Å². The molecule has 0 aliphatic carbocycles. The smallest absolute Gasteiger partial charge is 0.241 e. The number of benzene rings is 1. The molecule has 10 heteroatoms. The molecule has 3 atom stereocenters. The Kier molecular flexibility index (Phi) is 10.4. The quantitative estimate of drug-likeness (QED) is 0.427. The van der Waals surface area contributed by atoms with Crippen LogP contribution in [-0.4, -0.2) is 58.9 Å². The number of nitrogens with one attached hydrogen (secondary N) is 2. The van der Waals surface area contributed by atoms with Crippen molar-refractivity contribution in [1.29, 1.82) is 0 Å². The maximum atomic E-state index is 12.9. The van der Waals surface area contributed by atoms with Crippen LogP contribution in [0, 0.1) is 0 Å². The molecule has 0 aromatic heterocycles. The van der Waals surface area contributed by atoms with Gasteiger partial charge in [-0.05, 0) is 56.3 Å². The molecule has 0 radical (unpaired) electrons. The number of nitrogens with two attached hydrogens (primary N) is 1. The first kappa shape index (κ1) is 24.5. The van der Waals surface area contributed by atoms with Crippen molar-refractivity contribution in [3.05, 3.63) is 34.9 Å². The van der Waals surface area contributed by atoms with E-state index >= 15 is 0 Å². The molecule has 0 bridgehead atoms. The first-order valence-corrected chi connectivity index (χ1v) is 11.7. The molecule has 0 saturated carbocycles. The average molecular weight is 457 g/mol. The zero-order valence-electron chi connectivity index (χ0n) is 16.8. The van der Waals surface area contributed by atoms with Crippen molar-refractivity contribution >= 4 is 40.7 Å². The average Bonchev–Trinajstić information content (AvgIpc) is 2.87. The Morgan fingerprint density at radius 3 is 2.90 bits per heavy atom. The fourth-order valence-corrected chi connectivity index (χ4v) is 4.60. The van der Waals surface area contributed by atoms with Crippen LogP contribution in [0.15, 0.2) is 24.3 Å². The van der Waals surface area contributed by atoms with Gasteiger partial charge in [-0.1, -0.05) is 23.7 Å². The first-order chi connectivity index (χ1) is 14.4. The molecule has 1 aliphatic heterocycles. The minimum absolute atomic E-state index is 0.134. The zero-order valence-corrected chi connectivity index (χ0v) is 18.4. The van der Waals surface area contributed by atoms with Gasteiger partial charge < -0.3 is 20.7 Å². The van der Waals surface area contributed by atoms with E-state index in [1.807, 2.05) is 6.07 Å². The molecule has 2 unspecified atom stereocenters. The summed E-state index contributed by atoms with van der Waals surface area (Å²) in [6, 6.07) is 5.85. The topological polar surface area (TPSA) is 122 Å². The second-order valence-corrected chi connectivity index (χ2v) is 8.94. The van der Waals surface area contributed by atoms with Gasteiger partial charge in [-0.3, -0.25) is 9.59 Å². The standard InChI is InChI=1S/C20H29ClN4O4S/c21-16-6-3-5-15(11-16)14-30(29)24-18-8-1-2-10-25(20(18)28)12-19(27)23-17(13-26)7-4-9-22/h3,5-6,11,13,17-18,24H,1-2,4,7-10,12,14,22H2,(H,23,27)/t17?,18-,30?/m0/s1. The summed E-state index contributed by atoms with van der Waals surface area (Å²) >= 11 is 5.96. The molecular formula is C20H29ClN4O4S. The molecule has 1 aromatic rings. The Balaban J connectivity index is 1.92. The van der Waals surface area contributed by atoms with Gasteiger partial charge in [0.15, 0.2) is 0 Å². The Bertz CT molecular complexity index is 764. The molecule has 1 aromatic carbocycles. The highest BCUT2D eigenvalue weighted by molar-refractivity contribution is 7.82. The second kappa shape index (κ2) is 12.8. The largest absolute Gasteiger partial charge is 0.345 e. The highest BCUT2D eigenvalue weighted by Gasteiger charge is 2.29. The van der Waals surface area contributed by atoms with E-state index in [1.165, 1.54) is 4.90 Å². The van der Waals surface area contributed by atoms with E-state index in [4.69, 9.17) is 17.3 Å². The van der Waals surface area contributed by atoms with E-state index in [2.05, 4.69) is 10.0 Å². The third kappa shape index (κ3) is 8.14. The Hall–Kier alpha value is -1.81. The van der Waals surface area contributed by atoms with Crippen LogP contribution in [0.5, 0.6) is 0 Å². The molecule has 1 saturated heterocycles. The van der Waals surface area contributed by atoms with E-state index in [0.717, 1.165) is 18.4 Å². The highest BCUT2D eigenvalue weighted by Crippen LogP contribution is 2.15. The maximum absolute atomic E-state index is 12.9. The summed E-state index contributed by atoms with van der Waals surface area (Å²) in [7, 11) is -1.46. The number of amides is 2. The van der Waals surface area contributed by atoms with Crippen LogP contribution in [0.1, 0.15) is 37.7 Å². The number of nitrogens with zero attached hydrogens (tertiary/aromatic N) is 1. The Labute approximate surface area is 184 Å². The summed E-state index contributed by atoms with van der Waals surface area (Å²) in [6.45, 7) is 0.745. The van der Waals surface area contributed by atoms with Gasteiger partial charge in [-0.25, -0.2) is 8.93 Å². The van der Waals surface area contributed by atoms with E-state index < -0.39 is 29.0 Å². The number of likely N-dealkylation sites (tertiary alicyclic amines) is 1. The monoisotopic (exact) mass is 456 g/mol. The van der Waals surface area contributed by atoms with Gasteiger partial charge >= 0.3 is 0 Å². The molecule has 166 valence electrons. The summed E-state index contributed by atoms with van der Waals surface area (Å²) in [5, 5.41) is 3.20. The van der Waals surface area contributed by atoms with E-state index in [1.54, 1.807) is 18.2 Å². The van der Waals surface area contributed by atoms with Gasteiger partial charge in [-0.15, -0.1) is 0 Å². The van der Waals surface area contributed by atoms with Crippen molar-refractivity contribution in [1.82, 2.24) is 14.9 Å². The number of hydrogen-bond donors (Lipinski definition) is 3. The highest BCUT2D eigenvalue weighted by atomic mass is 35.5. The molecule has 2 amide bonds. The number of aldehydes is 1. The van der Waals surface area contributed by atoms with Crippen LogP contribution in [0.3, 0.4) is 0 Å². The van der Waals surface area contributed by atoms with Crippen molar-refractivity contribution < 1.29 is 18.6 Å². The lowest BCUT2D eigenvalue weighted by molar-refractivity contribution is -0.137. The normalized spacial score (nSPS) is 19.1. The number of hydrogen-bond acceptors (Lipinski definition) is 5. The molecule has 0 spiro atoms. The van der Waals surface area contributed by atoms with Crippen molar-refractivity contribution in [3.63, 3.8) is 0 Å². The molecule has 1 fully saturated rings. The lowest BCUT2D eigenvalue weighted by Crippen LogP contribution is -2.50. The Morgan fingerprint density at radius 1 is 1.40 bits per heavy atom. The number of halogens is 1. The second-order valence-electron chi connectivity index (χ2n) is 7.29. The predicted octanol–water partition coefficient (Wildman–Crippen LogP) is 0.897. The summed E-state index contributed by atoms with van der Waals surface area (Å²) in [4.78, 5) is 37.8. The van der Waals surface area contributed by atoms with Crippen LogP contribution in [0.25, 0.3) is 0 Å². The van der Waals surface area contributed by atoms with Gasteiger partial charge in [0.1, 0.15) is 6.29 Å². The van der Waals surface area contributed by atoms with Crippen molar-refractivity contribution in [2.24, 2.45) is 5.73 Å². The summed E-state index contributed by atoms with van der Waals surface area (Å²) in [6.07, 6.45) is 3.85. The summed E-state index contributed by atoms with van der Waals surface area (Å²) in [5.74, 6) is -0.419. The molecule has 8 nitrogen and oxygen atoms in total. The fraction of sp³-hybridized carbons (Fsp3) is 0.550. The van der Waals surface area contributed by atoms with Crippen molar-refractivity contribution in [2.45, 2.75) is 49.9 Å². The summed E-state index contributed by atoms with van der Waals surface area (Å²) in [5.41, 5.74) is 6.25. The molecule has 30 heavy (non-hydrogen) atoms. The number of carbonyl (C=O) groups is 3. The van der Waals surface area contributed by atoms with Gasteiger partial charge in [0, 0.05) is 11.6 Å². The first-order valence-electron chi connectivity index (χ1n) is 10.1. The zero-order chi connectivity index (χ0) is 21.9. The maximum Gasteiger partial charge on any atom is 0.241 e. The molecule has 4 N–H and O–H groups in total. The SMILES string of the molecule is NCCCC(C=O)NC(=O)CN1CCCC[C@H](NS(=O)Cc2cccc(Cl)c2)C1=O. The molecule has 1 aliphatic rings. The molecule has 2 rings (SSSR count). The van der Waals surface area contributed by atoms with Crippen LogP contribution >= 0.6 is 11.6 Å². The van der Waals surface area contributed by atoms with E-state index in [-0.39, 0.29) is 18.2 Å². The lowest BCUT2D eigenvalue weighted by atomic mass is 10.1. The third-order valence-electron chi connectivity index (χ3n) is 4.81. The van der Waals surface area contributed by atoms with Gasteiger partial charge in [0.2, 0.25) is 11.8 Å². The van der Waals surface area contributed by atoms with Gasteiger partial charge in [0.05, 0.1) is 35.4 Å². The van der Waals surface area contributed by atoms with Crippen LogP contribution in [0.4, 0.5) is 0 Å². The van der Waals surface area contributed by atoms with E-state index in [9.17, 15) is 18.6 Å². The third-order valence-corrected chi connectivity index (χ3v) is 6.18. The Morgan fingerprint density at radius 2 is 2.20 bits per heavy atom. The van der Waals surface area contributed by atoms with Gasteiger partial charge in [0.25, 0.3) is 0 Å². The van der Waals surface area contributed by atoms with Gasteiger partial charge in [-0.2, -0.15) is 0 Å². The van der Waals surface area contributed by atoms with E-state index in [0.29, 0.717) is 43.7 Å². The number of rotatable bonds is 11. The molecule has 1 heterocycles. The minimum Gasteiger partial charge on any atom is -0.345 e. The lowest BCUT2D eigenvalue weighted by Gasteiger charge is -2.25.